The second kappa shape index (κ2) is 7.49. The van der Waals surface area contributed by atoms with E-state index in [1.165, 1.54) is 11.8 Å². The monoisotopic (exact) mass is 367 g/mol. The average molecular weight is 367 g/mol. The van der Waals surface area contributed by atoms with Crippen LogP contribution in [0.4, 0.5) is 5.69 Å². The van der Waals surface area contributed by atoms with Gasteiger partial charge in [-0.15, -0.1) is 0 Å². The van der Waals surface area contributed by atoms with Gasteiger partial charge in [0.15, 0.2) is 11.8 Å². The van der Waals surface area contributed by atoms with E-state index in [4.69, 9.17) is 9.47 Å². The van der Waals surface area contributed by atoms with Gasteiger partial charge in [-0.1, -0.05) is 30.3 Å². The van der Waals surface area contributed by atoms with Crippen LogP contribution in [-0.4, -0.2) is 34.9 Å². The molecule has 7 nitrogen and oxygen atoms in total. The summed E-state index contributed by atoms with van der Waals surface area (Å²) in [6.07, 6.45) is -0.767. The Morgan fingerprint density at radius 3 is 2.56 bits per heavy atom. The van der Waals surface area contributed by atoms with Gasteiger partial charge in [0, 0.05) is 7.05 Å². The first-order valence-corrected chi connectivity index (χ1v) is 8.49. The third-order valence-electron chi connectivity index (χ3n) is 4.36. The van der Waals surface area contributed by atoms with Gasteiger partial charge >= 0.3 is 5.97 Å². The summed E-state index contributed by atoms with van der Waals surface area (Å²) in [5.74, 6) is -0.408. The van der Waals surface area contributed by atoms with Crippen LogP contribution in [0.2, 0.25) is 0 Å². The Morgan fingerprint density at radius 2 is 1.85 bits per heavy atom. The summed E-state index contributed by atoms with van der Waals surface area (Å²) in [6, 6.07) is 13.5. The molecule has 0 aliphatic heterocycles. The second-order valence-corrected chi connectivity index (χ2v) is 6.18. The molecule has 27 heavy (non-hydrogen) atoms. The highest BCUT2D eigenvalue weighted by Crippen LogP contribution is 2.23. The molecule has 1 unspecified atom stereocenters. The van der Waals surface area contributed by atoms with E-state index in [0.717, 1.165) is 10.8 Å². The Hall–Kier alpha value is -3.35. The summed E-state index contributed by atoms with van der Waals surface area (Å²) in [4.78, 5) is 24.5. The number of rotatable bonds is 5. The number of anilines is 1. The lowest BCUT2D eigenvalue weighted by atomic mass is 10.1. The highest BCUT2D eigenvalue weighted by molar-refractivity contribution is 6.02. The van der Waals surface area contributed by atoms with Gasteiger partial charge in [-0.3, -0.25) is 9.48 Å². The largest absolute Gasteiger partial charge is 0.481 e. The number of aromatic nitrogens is 2. The molecular weight excluding hydrogens is 346 g/mol. The van der Waals surface area contributed by atoms with Gasteiger partial charge in [0.05, 0.1) is 18.5 Å². The van der Waals surface area contributed by atoms with Crippen molar-refractivity contribution in [2.45, 2.75) is 20.0 Å². The number of methoxy groups -OCH3 is 1. The summed E-state index contributed by atoms with van der Waals surface area (Å²) >= 11 is 0. The Balaban J connectivity index is 1.77. The number of hydrogen-bond acceptors (Lipinski definition) is 5. The third-order valence-corrected chi connectivity index (χ3v) is 4.36. The molecule has 3 rings (SSSR count). The zero-order chi connectivity index (χ0) is 19.6. The average Bonchev–Trinajstić information content (AvgIpc) is 2.95. The van der Waals surface area contributed by atoms with Gasteiger partial charge < -0.3 is 14.8 Å². The number of fused-ring (bicyclic) bond motifs is 1. The molecule has 0 aliphatic carbocycles. The van der Waals surface area contributed by atoms with Gasteiger partial charge in [-0.25, -0.2) is 4.79 Å². The van der Waals surface area contributed by atoms with E-state index in [2.05, 4.69) is 10.4 Å². The standard InChI is InChI=1S/C20H21N3O4/c1-12-17(18(20(25)26-4)22-23(12)3)21-19(24)13(2)27-16-10-9-14-7-5-6-8-15(14)11-16/h5-11,13H,1-4H3,(H,21,24). The van der Waals surface area contributed by atoms with Crippen LogP contribution < -0.4 is 10.1 Å². The predicted octanol–water partition coefficient (Wildman–Crippen LogP) is 3.07. The maximum absolute atomic E-state index is 12.6. The highest BCUT2D eigenvalue weighted by atomic mass is 16.5. The lowest BCUT2D eigenvalue weighted by molar-refractivity contribution is -0.122. The first-order chi connectivity index (χ1) is 12.9. The molecule has 0 spiro atoms. The summed E-state index contributed by atoms with van der Waals surface area (Å²) < 4.78 is 12.0. The van der Waals surface area contributed by atoms with Crippen LogP contribution in [0.1, 0.15) is 23.1 Å². The van der Waals surface area contributed by atoms with Crippen molar-refractivity contribution in [3.05, 3.63) is 53.9 Å². The first kappa shape index (κ1) is 18.4. The number of ether oxygens (including phenoxy) is 2. The van der Waals surface area contributed by atoms with Crippen LogP contribution in [0, 0.1) is 6.92 Å². The molecule has 7 heteroatoms. The minimum atomic E-state index is -0.767. The van der Waals surface area contributed by atoms with Crippen LogP contribution in [-0.2, 0) is 16.6 Å². The van der Waals surface area contributed by atoms with E-state index >= 15 is 0 Å². The minimum Gasteiger partial charge on any atom is -0.481 e. The Morgan fingerprint density at radius 1 is 1.15 bits per heavy atom. The zero-order valence-corrected chi connectivity index (χ0v) is 15.6. The third kappa shape index (κ3) is 3.76. The minimum absolute atomic E-state index is 0.0590. The maximum Gasteiger partial charge on any atom is 0.360 e. The molecule has 2 aromatic carbocycles. The number of hydrogen-bond donors (Lipinski definition) is 1. The van der Waals surface area contributed by atoms with E-state index in [9.17, 15) is 9.59 Å². The summed E-state index contributed by atoms with van der Waals surface area (Å²) in [5.41, 5.74) is 1.02. The second-order valence-electron chi connectivity index (χ2n) is 6.18. The summed E-state index contributed by atoms with van der Waals surface area (Å²) in [5, 5.41) is 8.94. The number of nitrogens with one attached hydrogen (secondary N) is 1. The molecule has 0 saturated carbocycles. The number of esters is 1. The van der Waals surface area contributed by atoms with Crippen molar-refractivity contribution in [1.82, 2.24) is 9.78 Å². The normalized spacial score (nSPS) is 11.9. The molecule has 1 aromatic heterocycles. The first-order valence-electron chi connectivity index (χ1n) is 8.49. The summed E-state index contributed by atoms with van der Waals surface area (Å²) in [7, 11) is 2.95. The number of benzene rings is 2. The molecule has 1 N–H and O–H groups in total. The molecule has 0 radical (unpaired) electrons. The SMILES string of the molecule is COC(=O)c1nn(C)c(C)c1NC(=O)C(C)Oc1ccc2ccccc2c1. The Labute approximate surface area is 156 Å². The van der Waals surface area contributed by atoms with Gasteiger partial charge in [-0.05, 0) is 36.8 Å². The van der Waals surface area contributed by atoms with E-state index in [1.54, 1.807) is 20.9 Å². The van der Waals surface area contributed by atoms with Gasteiger partial charge in [0.2, 0.25) is 0 Å². The topological polar surface area (TPSA) is 82.5 Å². The lowest BCUT2D eigenvalue weighted by Gasteiger charge is -2.15. The summed E-state index contributed by atoms with van der Waals surface area (Å²) in [6.45, 7) is 3.40. The van der Waals surface area contributed by atoms with Crippen molar-refractivity contribution >= 4 is 28.3 Å². The van der Waals surface area contributed by atoms with E-state index in [0.29, 0.717) is 17.1 Å². The van der Waals surface area contributed by atoms with Crippen LogP contribution in [0.3, 0.4) is 0 Å². The van der Waals surface area contributed by atoms with Crippen molar-refractivity contribution in [2.24, 2.45) is 7.05 Å². The number of nitrogens with zero attached hydrogens (tertiary/aromatic N) is 2. The maximum atomic E-state index is 12.6. The number of amides is 1. The molecule has 0 aliphatic rings. The Kier molecular flexibility index (Phi) is 5.12. The van der Waals surface area contributed by atoms with Crippen molar-refractivity contribution in [3.63, 3.8) is 0 Å². The molecule has 1 atom stereocenters. The fourth-order valence-corrected chi connectivity index (χ4v) is 2.72. The van der Waals surface area contributed by atoms with Gasteiger partial charge in [0.25, 0.3) is 5.91 Å². The van der Waals surface area contributed by atoms with E-state index in [-0.39, 0.29) is 11.6 Å². The number of aryl methyl sites for hydroxylation is 1. The molecule has 3 aromatic rings. The zero-order valence-electron chi connectivity index (χ0n) is 15.6. The van der Waals surface area contributed by atoms with Crippen molar-refractivity contribution < 1.29 is 19.1 Å². The van der Waals surface area contributed by atoms with E-state index in [1.807, 2.05) is 42.5 Å². The van der Waals surface area contributed by atoms with Gasteiger partial charge in [0.1, 0.15) is 5.75 Å². The molecule has 0 bridgehead atoms. The van der Waals surface area contributed by atoms with Crippen LogP contribution >= 0.6 is 0 Å². The lowest BCUT2D eigenvalue weighted by Crippen LogP contribution is -2.30. The molecule has 1 amide bonds. The fourth-order valence-electron chi connectivity index (χ4n) is 2.72. The molecule has 1 heterocycles. The number of carbonyl (C=O) groups is 2. The number of carbonyl (C=O) groups excluding carboxylic acids is 2. The molecule has 0 saturated heterocycles. The van der Waals surface area contributed by atoms with Crippen LogP contribution in [0.15, 0.2) is 42.5 Å². The predicted molar refractivity (Wildman–Crippen MR) is 102 cm³/mol. The molecule has 140 valence electrons. The smallest absolute Gasteiger partial charge is 0.360 e. The Bertz CT molecular complexity index is 1010. The molecular formula is C20H21N3O4. The van der Waals surface area contributed by atoms with Gasteiger partial charge in [-0.2, -0.15) is 5.10 Å². The quantitative estimate of drug-likeness (QED) is 0.701. The van der Waals surface area contributed by atoms with Crippen molar-refractivity contribution in [2.75, 3.05) is 12.4 Å². The fraction of sp³-hybridized carbons (Fsp3) is 0.250. The highest BCUT2D eigenvalue weighted by Gasteiger charge is 2.24. The van der Waals surface area contributed by atoms with Crippen LogP contribution in [0.25, 0.3) is 10.8 Å². The van der Waals surface area contributed by atoms with Crippen LogP contribution in [0.5, 0.6) is 5.75 Å². The molecule has 0 fully saturated rings. The van der Waals surface area contributed by atoms with Crippen molar-refractivity contribution in [3.8, 4) is 5.75 Å². The van der Waals surface area contributed by atoms with Crippen molar-refractivity contribution in [1.29, 1.82) is 0 Å². The van der Waals surface area contributed by atoms with E-state index < -0.39 is 12.1 Å².